The van der Waals surface area contributed by atoms with Gasteiger partial charge < -0.3 is 0 Å². The van der Waals surface area contributed by atoms with Crippen molar-refractivity contribution in [1.82, 2.24) is 4.90 Å². The topological polar surface area (TPSA) is 3.24 Å². The highest BCUT2D eigenvalue weighted by molar-refractivity contribution is 5.54. The fraction of sp³-hybridized carbons (Fsp3) is 0.455. The van der Waals surface area contributed by atoms with Gasteiger partial charge in [0.05, 0.1) is 5.54 Å². The zero-order valence-electron chi connectivity index (χ0n) is 14.0. The van der Waals surface area contributed by atoms with Crippen molar-refractivity contribution >= 4 is 0 Å². The van der Waals surface area contributed by atoms with E-state index in [1.165, 1.54) is 38.6 Å². The molecule has 0 unspecified atom stereocenters. The number of rotatable bonds is 2. The van der Waals surface area contributed by atoms with Crippen molar-refractivity contribution < 1.29 is 0 Å². The van der Waals surface area contributed by atoms with Gasteiger partial charge in [-0.2, -0.15) is 0 Å². The van der Waals surface area contributed by atoms with E-state index in [-0.39, 0.29) is 5.54 Å². The van der Waals surface area contributed by atoms with Gasteiger partial charge in [0.2, 0.25) is 0 Å². The number of hydrogen-bond acceptors (Lipinski definition) is 1. The first-order valence-electron chi connectivity index (χ1n) is 9.23. The molecule has 2 aliphatic heterocycles. The fourth-order valence-corrected chi connectivity index (χ4v) is 5.55. The summed E-state index contributed by atoms with van der Waals surface area (Å²) in [7, 11) is 0. The number of benzene rings is 2. The lowest BCUT2D eigenvalue weighted by molar-refractivity contribution is 0.0758. The minimum absolute atomic E-state index is 0.0681. The van der Waals surface area contributed by atoms with Gasteiger partial charge in [-0.15, -0.1) is 0 Å². The molecule has 0 saturated heterocycles. The molecule has 1 aliphatic carbocycles. The van der Waals surface area contributed by atoms with E-state index in [2.05, 4.69) is 60.4 Å². The molecule has 5 rings (SSSR count). The van der Waals surface area contributed by atoms with E-state index in [1.54, 1.807) is 22.3 Å². The standard InChI is InChI=1S/C22H25N/c1-22-19-12-6-4-10-17(19)14-21(18-11-5-7-13-20(18)22)23(22)15-16-8-2-3-9-16/h4-7,10-13,16,21H,2-3,8-9,14-15H2,1H3/t21-,22+/m1/s1. The second-order valence-corrected chi connectivity index (χ2v) is 7.84. The highest BCUT2D eigenvalue weighted by Crippen LogP contribution is 2.55. The molecule has 0 radical (unpaired) electrons. The van der Waals surface area contributed by atoms with Crippen molar-refractivity contribution in [2.24, 2.45) is 5.92 Å². The lowest BCUT2D eigenvalue weighted by Crippen LogP contribution is -2.47. The predicted octanol–water partition coefficient (Wildman–Crippen LogP) is 5.05. The summed E-state index contributed by atoms with van der Waals surface area (Å²) in [6, 6.07) is 18.9. The highest BCUT2D eigenvalue weighted by atomic mass is 15.3. The summed E-state index contributed by atoms with van der Waals surface area (Å²) < 4.78 is 0. The first kappa shape index (κ1) is 13.8. The summed E-state index contributed by atoms with van der Waals surface area (Å²) in [5, 5.41) is 0. The second kappa shape index (κ2) is 4.95. The average Bonchev–Trinajstić information content (AvgIpc) is 3.15. The molecule has 23 heavy (non-hydrogen) atoms. The van der Waals surface area contributed by atoms with Crippen LogP contribution < -0.4 is 0 Å². The van der Waals surface area contributed by atoms with Crippen LogP contribution in [0.4, 0.5) is 0 Å². The molecule has 2 aromatic carbocycles. The number of hydrogen-bond donors (Lipinski definition) is 0. The first-order valence-corrected chi connectivity index (χ1v) is 9.23. The van der Waals surface area contributed by atoms with Gasteiger partial charge in [-0.25, -0.2) is 0 Å². The van der Waals surface area contributed by atoms with Crippen LogP contribution in [0.5, 0.6) is 0 Å². The Kier molecular flexibility index (Phi) is 2.97. The van der Waals surface area contributed by atoms with Gasteiger partial charge in [-0.3, -0.25) is 4.90 Å². The van der Waals surface area contributed by atoms with Crippen LogP contribution >= 0.6 is 0 Å². The molecular formula is C22H25N. The zero-order chi connectivity index (χ0) is 15.4. The predicted molar refractivity (Wildman–Crippen MR) is 94.4 cm³/mol. The fourth-order valence-electron chi connectivity index (χ4n) is 5.55. The third-order valence-electron chi connectivity index (χ3n) is 6.68. The Bertz CT molecular complexity index is 730. The summed E-state index contributed by atoms with van der Waals surface area (Å²) in [6.07, 6.45) is 6.90. The Balaban J connectivity index is 1.67. The van der Waals surface area contributed by atoms with Crippen LogP contribution in [0.25, 0.3) is 0 Å². The first-order chi connectivity index (χ1) is 11.3. The molecular weight excluding hydrogens is 278 g/mol. The molecule has 1 heteroatoms. The van der Waals surface area contributed by atoms with Gasteiger partial charge in [0.1, 0.15) is 0 Å². The smallest absolute Gasteiger partial charge is 0.0698 e. The second-order valence-electron chi connectivity index (χ2n) is 7.84. The largest absolute Gasteiger partial charge is 0.282 e. The third kappa shape index (κ3) is 1.83. The SMILES string of the molecule is C[C@]12c3ccccc3C[C@H](c3ccccc31)N2CC1CCCC1. The number of nitrogens with zero attached hydrogens (tertiary/aromatic N) is 1. The van der Waals surface area contributed by atoms with Crippen molar-refractivity contribution in [2.75, 3.05) is 6.54 Å². The normalized spacial score (nSPS) is 29.5. The van der Waals surface area contributed by atoms with Crippen molar-refractivity contribution in [3.63, 3.8) is 0 Å². The zero-order valence-corrected chi connectivity index (χ0v) is 14.0. The van der Waals surface area contributed by atoms with Crippen molar-refractivity contribution in [3.8, 4) is 0 Å². The molecule has 0 amide bonds. The molecule has 2 bridgehead atoms. The van der Waals surface area contributed by atoms with Gasteiger partial charge in [0, 0.05) is 12.6 Å². The van der Waals surface area contributed by atoms with E-state index in [0.717, 1.165) is 5.92 Å². The maximum atomic E-state index is 2.84. The Morgan fingerprint density at radius 1 is 0.957 bits per heavy atom. The van der Waals surface area contributed by atoms with Gasteiger partial charge in [-0.1, -0.05) is 61.4 Å². The monoisotopic (exact) mass is 303 g/mol. The summed E-state index contributed by atoms with van der Waals surface area (Å²) >= 11 is 0. The Labute approximate surface area is 139 Å². The van der Waals surface area contributed by atoms with E-state index in [0.29, 0.717) is 6.04 Å². The summed E-state index contributed by atoms with van der Waals surface area (Å²) in [5.41, 5.74) is 6.29. The molecule has 0 N–H and O–H groups in total. The van der Waals surface area contributed by atoms with Crippen LogP contribution in [-0.2, 0) is 12.0 Å². The third-order valence-corrected chi connectivity index (χ3v) is 6.68. The molecule has 2 heterocycles. The molecule has 1 nitrogen and oxygen atoms in total. The molecule has 118 valence electrons. The number of fused-ring (bicyclic) bond motifs is 7. The minimum Gasteiger partial charge on any atom is -0.282 e. The maximum Gasteiger partial charge on any atom is 0.0698 e. The van der Waals surface area contributed by atoms with E-state index in [4.69, 9.17) is 0 Å². The quantitative estimate of drug-likeness (QED) is 0.750. The molecule has 3 aliphatic rings. The maximum absolute atomic E-state index is 2.84. The molecule has 0 spiro atoms. The van der Waals surface area contributed by atoms with Crippen LogP contribution in [-0.4, -0.2) is 11.4 Å². The van der Waals surface area contributed by atoms with Crippen LogP contribution in [0.3, 0.4) is 0 Å². The lowest BCUT2D eigenvalue weighted by Gasteiger charge is -2.45. The van der Waals surface area contributed by atoms with Crippen LogP contribution in [0.15, 0.2) is 48.5 Å². The van der Waals surface area contributed by atoms with Gasteiger partial charge in [-0.05, 0) is 54.4 Å². The molecule has 2 atom stereocenters. The molecule has 2 aromatic rings. The lowest BCUT2D eigenvalue weighted by atomic mass is 9.80. The Hall–Kier alpha value is -1.60. The van der Waals surface area contributed by atoms with Gasteiger partial charge in [0.15, 0.2) is 0 Å². The van der Waals surface area contributed by atoms with Crippen LogP contribution in [0.1, 0.15) is 60.9 Å². The minimum atomic E-state index is 0.0681. The van der Waals surface area contributed by atoms with Crippen molar-refractivity contribution in [1.29, 1.82) is 0 Å². The summed E-state index contributed by atoms with van der Waals surface area (Å²) in [6.45, 7) is 3.74. The summed E-state index contributed by atoms with van der Waals surface area (Å²) in [4.78, 5) is 2.84. The van der Waals surface area contributed by atoms with Gasteiger partial charge in [0.25, 0.3) is 0 Å². The van der Waals surface area contributed by atoms with Gasteiger partial charge >= 0.3 is 0 Å². The average molecular weight is 303 g/mol. The summed E-state index contributed by atoms with van der Waals surface area (Å²) in [5.74, 6) is 0.899. The Morgan fingerprint density at radius 2 is 1.65 bits per heavy atom. The van der Waals surface area contributed by atoms with Crippen LogP contribution in [0, 0.1) is 5.92 Å². The van der Waals surface area contributed by atoms with Crippen molar-refractivity contribution in [3.05, 3.63) is 70.8 Å². The molecule has 1 fully saturated rings. The Morgan fingerprint density at radius 3 is 2.48 bits per heavy atom. The molecule has 0 aromatic heterocycles. The van der Waals surface area contributed by atoms with E-state index < -0.39 is 0 Å². The van der Waals surface area contributed by atoms with Crippen molar-refractivity contribution in [2.45, 2.75) is 50.6 Å². The van der Waals surface area contributed by atoms with E-state index >= 15 is 0 Å². The van der Waals surface area contributed by atoms with E-state index in [1.807, 2.05) is 0 Å². The highest BCUT2D eigenvalue weighted by Gasteiger charge is 2.52. The van der Waals surface area contributed by atoms with E-state index in [9.17, 15) is 0 Å². The molecule has 1 saturated carbocycles. The van der Waals surface area contributed by atoms with Crippen LogP contribution in [0.2, 0.25) is 0 Å².